The Morgan fingerprint density at radius 3 is 2.62 bits per heavy atom. The van der Waals surface area contributed by atoms with Crippen LogP contribution in [-0.4, -0.2) is 46.9 Å². The lowest BCUT2D eigenvalue weighted by atomic mass is 10.1. The van der Waals surface area contributed by atoms with Crippen LogP contribution in [0.5, 0.6) is 5.75 Å². The molecule has 1 aromatic carbocycles. The molecule has 0 aliphatic rings. The molecule has 21 heavy (non-hydrogen) atoms. The largest absolute Gasteiger partial charge is 0.497 e. The summed E-state index contributed by atoms with van der Waals surface area (Å²) in [6.07, 6.45) is 0.131. The molecule has 0 radical (unpaired) electrons. The van der Waals surface area contributed by atoms with Crippen molar-refractivity contribution in [2.24, 2.45) is 0 Å². The van der Waals surface area contributed by atoms with Crippen molar-refractivity contribution in [3.8, 4) is 5.75 Å². The summed E-state index contributed by atoms with van der Waals surface area (Å²) in [6.45, 7) is 0.655. The maximum absolute atomic E-state index is 12.2. The highest BCUT2D eigenvalue weighted by Gasteiger charge is 2.20. The Morgan fingerprint density at radius 2 is 2.05 bits per heavy atom. The number of ether oxygens (including phenoxy) is 2. The second-order valence-electron chi connectivity index (χ2n) is 4.29. The van der Waals surface area contributed by atoms with E-state index < -0.39 is 22.4 Å². The quantitative estimate of drug-likeness (QED) is 0.648. The topological polar surface area (TPSA) is 102 Å². The van der Waals surface area contributed by atoms with Gasteiger partial charge in [-0.05, 0) is 30.2 Å². The average molecular weight is 317 g/mol. The number of sulfonamides is 1. The molecule has 118 valence electrons. The standard InChI is InChI=1S/C13H19NO6S/c1-19-7-3-6-14-21(17,18)12-5-4-11(20-2)8-10(12)9-13(15)16/h4-5,8,14H,3,6-7,9H2,1-2H3,(H,15,16). The van der Waals surface area contributed by atoms with Crippen LogP contribution in [-0.2, 0) is 26.0 Å². The summed E-state index contributed by atoms with van der Waals surface area (Å²) < 4.78 is 36.7. The highest BCUT2D eigenvalue weighted by molar-refractivity contribution is 7.89. The van der Waals surface area contributed by atoms with Gasteiger partial charge in [0.1, 0.15) is 5.75 Å². The van der Waals surface area contributed by atoms with Crippen molar-refractivity contribution in [2.75, 3.05) is 27.4 Å². The molecule has 0 aliphatic carbocycles. The first-order chi connectivity index (χ1) is 9.90. The van der Waals surface area contributed by atoms with Crippen molar-refractivity contribution in [1.82, 2.24) is 4.72 Å². The first kappa shape index (κ1) is 17.4. The third-order valence-corrected chi connectivity index (χ3v) is 4.28. The maximum Gasteiger partial charge on any atom is 0.307 e. The molecule has 0 fully saturated rings. The SMILES string of the molecule is COCCCNS(=O)(=O)c1ccc(OC)cc1CC(=O)O. The van der Waals surface area contributed by atoms with E-state index in [1.54, 1.807) is 0 Å². The fraction of sp³-hybridized carbons (Fsp3) is 0.462. The number of aliphatic carboxylic acids is 1. The Labute approximate surface area is 123 Å². The Bertz CT molecular complexity index is 584. The minimum atomic E-state index is -3.77. The van der Waals surface area contributed by atoms with Crippen LogP contribution in [0.4, 0.5) is 0 Å². The molecule has 1 aromatic rings. The minimum absolute atomic E-state index is 0.0527. The number of hydrogen-bond donors (Lipinski definition) is 2. The number of rotatable bonds is 9. The molecule has 0 heterocycles. The van der Waals surface area contributed by atoms with Crippen LogP contribution in [0.15, 0.2) is 23.1 Å². The zero-order valence-corrected chi connectivity index (χ0v) is 12.8. The molecule has 1 rings (SSSR count). The molecule has 0 unspecified atom stereocenters. The van der Waals surface area contributed by atoms with Crippen molar-refractivity contribution in [2.45, 2.75) is 17.7 Å². The lowest BCUT2D eigenvalue weighted by Gasteiger charge is -2.12. The zero-order valence-electron chi connectivity index (χ0n) is 12.0. The second-order valence-corrected chi connectivity index (χ2v) is 6.02. The molecule has 0 amide bonds. The lowest BCUT2D eigenvalue weighted by molar-refractivity contribution is -0.136. The molecule has 2 N–H and O–H groups in total. The van der Waals surface area contributed by atoms with E-state index in [0.717, 1.165) is 0 Å². The lowest BCUT2D eigenvalue weighted by Crippen LogP contribution is -2.26. The van der Waals surface area contributed by atoms with Crippen molar-refractivity contribution < 1.29 is 27.8 Å². The molecule has 0 saturated carbocycles. The number of carboxylic acid groups (broad SMARTS) is 1. The third kappa shape index (κ3) is 5.33. The number of methoxy groups -OCH3 is 2. The van der Waals surface area contributed by atoms with Gasteiger partial charge in [-0.15, -0.1) is 0 Å². The predicted molar refractivity (Wildman–Crippen MR) is 76.0 cm³/mol. The fourth-order valence-corrected chi connectivity index (χ4v) is 3.04. The molecular weight excluding hydrogens is 298 g/mol. The minimum Gasteiger partial charge on any atom is -0.497 e. The van der Waals surface area contributed by atoms with E-state index in [1.807, 2.05) is 0 Å². The molecule has 0 aromatic heterocycles. The van der Waals surface area contributed by atoms with Gasteiger partial charge in [-0.2, -0.15) is 0 Å². The summed E-state index contributed by atoms with van der Waals surface area (Å²) in [5.41, 5.74) is 0.182. The van der Waals surface area contributed by atoms with Crippen molar-refractivity contribution in [3.63, 3.8) is 0 Å². The van der Waals surface area contributed by atoms with Crippen molar-refractivity contribution in [1.29, 1.82) is 0 Å². The molecule has 8 heteroatoms. The number of carboxylic acids is 1. The number of hydrogen-bond acceptors (Lipinski definition) is 5. The second kappa shape index (κ2) is 7.96. The van der Waals surface area contributed by atoms with E-state index in [-0.39, 0.29) is 17.0 Å². The molecular formula is C13H19NO6S. The Balaban J connectivity index is 3.00. The summed E-state index contributed by atoms with van der Waals surface area (Å²) in [4.78, 5) is 10.8. The van der Waals surface area contributed by atoms with E-state index in [2.05, 4.69) is 4.72 Å². The molecule has 0 saturated heterocycles. The van der Waals surface area contributed by atoms with E-state index in [0.29, 0.717) is 18.8 Å². The van der Waals surface area contributed by atoms with Crippen LogP contribution in [0.25, 0.3) is 0 Å². The normalized spacial score (nSPS) is 11.3. The summed E-state index contributed by atoms with van der Waals surface area (Å²) in [6, 6.07) is 4.24. The van der Waals surface area contributed by atoms with Gasteiger partial charge in [0.25, 0.3) is 0 Å². The van der Waals surface area contributed by atoms with E-state index in [1.165, 1.54) is 32.4 Å². The Morgan fingerprint density at radius 1 is 1.33 bits per heavy atom. The molecule has 0 aliphatic heterocycles. The molecule has 0 spiro atoms. The maximum atomic E-state index is 12.2. The van der Waals surface area contributed by atoms with Gasteiger partial charge in [0.2, 0.25) is 10.0 Å². The van der Waals surface area contributed by atoms with Gasteiger partial charge in [0, 0.05) is 20.3 Å². The highest BCUT2D eigenvalue weighted by atomic mass is 32.2. The number of carbonyl (C=O) groups is 1. The smallest absolute Gasteiger partial charge is 0.307 e. The van der Waals surface area contributed by atoms with Crippen LogP contribution in [0.3, 0.4) is 0 Å². The van der Waals surface area contributed by atoms with Crippen LogP contribution in [0.2, 0.25) is 0 Å². The van der Waals surface area contributed by atoms with Gasteiger partial charge in [0.15, 0.2) is 0 Å². The number of benzene rings is 1. The van der Waals surface area contributed by atoms with Crippen LogP contribution in [0.1, 0.15) is 12.0 Å². The van der Waals surface area contributed by atoms with Crippen LogP contribution in [0, 0.1) is 0 Å². The van der Waals surface area contributed by atoms with Crippen LogP contribution >= 0.6 is 0 Å². The Kier molecular flexibility index (Phi) is 6.60. The van der Waals surface area contributed by atoms with E-state index in [9.17, 15) is 13.2 Å². The van der Waals surface area contributed by atoms with Gasteiger partial charge >= 0.3 is 5.97 Å². The first-order valence-corrected chi connectivity index (χ1v) is 7.76. The summed E-state index contributed by atoms with van der Waals surface area (Å²) in [7, 11) is -0.808. The summed E-state index contributed by atoms with van der Waals surface area (Å²) in [5, 5.41) is 8.89. The fourth-order valence-electron chi connectivity index (χ4n) is 1.75. The Hall–Kier alpha value is -1.64. The average Bonchev–Trinajstić information content (AvgIpc) is 2.42. The van der Waals surface area contributed by atoms with Crippen molar-refractivity contribution >= 4 is 16.0 Å². The number of nitrogens with one attached hydrogen (secondary N) is 1. The third-order valence-electron chi connectivity index (χ3n) is 2.72. The van der Waals surface area contributed by atoms with Gasteiger partial charge in [0.05, 0.1) is 18.4 Å². The van der Waals surface area contributed by atoms with Gasteiger partial charge < -0.3 is 14.6 Å². The molecule has 0 atom stereocenters. The van der Waals surface area contributed by atoms with E-state index in [4.69, 9.17) is 14.6 Å². The summed E-state index contributed by atoms with van der Waals surface area (Å²) >= 11 is 0. The first-order valence-electron chi connectivity index (χ1n) is 6.28. The van der Waals surface area contributed by atoms with Gasteiger partial charge in [-0.3, -0.25) is 4.79 Å². The molecule has 7 nitrogen and oxygen atoms in total. The zero-order chi connectivity index (χ0) is 15.9. The molecule has 0 bridgehead atoms. The summed E-state index contributed by atoms with van der Waals surface area (Å²) in [5.74, 6) is -0.705. The van der Waals surface area contributed by atoms with Crippen molar-refractivity contribution in [3.05, 3.63) is 23.8 Å². The van der Waals surface area contributed by atoms with Crippen LogP contribution < -0.4 is 9.46 Å². The monoisotopic (exact) mass is 317 g/mol. The highest BCUT2D eigenvalue weighted by Crippen LogP contribution is 2.22. The van der Waals surface area contributed by atoms with Gasteiger partial charge in [-0.25, -0.2) is 13.1 Å². The predicted octanol–water partition coefficient (Wildman–Crippen LogP) is 0.637. The van der Waals surface area contributed by atoms with Gasteiger partial charge in [-0.1, -0.05) is 0 Å². The van der Waals surface area contributed by atoms with E-state index >= 15 is 0 Å².